The summed E-state index contributed by atoms with van der Waals surface area (Å²) in [5.41, 5.74) is 0. The molecule has 0 unspecified atom stereocenters. The van der Waals surface area contributed by atoms with Gasteiger partial charge in [0.1, 0.15) is 18.1 Å². The summed E-state index contributed by atoms with van der Waals surface area (Å²) in [6.45, 7) is -0.0579. The molecule has 1 rings (SSSR count). The third-order valence-electron chi connectivity index (χ3n) is 1.76. The Morgan fingerprint density at radius 3 is 1.67 bits per heavy atom. The summed E-state index contributed by atoms with van der Waals surface area (Å²) in [5, 5.41) is 0. The Morgan fingerprint density at radius 2 is 1.28 bits per heavy atom. The second-order valence-electron chi connectivity index (χ2n) is 3.03. The van der Waals surface area contributed by atoms with E-state index < -0.39 is 15.9 Å². The lowest BCUT2D eigenvalue weighted by molar-refractivity contribution is 0.330. The first-order valence-electron chi connectivity index (χ1n) is 4.24. The van der Waals surface area contributed by atoms with Gasteiger partial charge in [-0.05, 0) is 113 Å². The Balaban J connectivity index is 3.03. The summed E-state index contributed by atoms with van der Waals surface area (Å²) in [5.74, 6) is 0.271. The van der Waals surface area contributed by atoms with Crippen LogP contribution in [0.2, 0.25) is 0 Å². The lowest BCUT2D eigenvalue weighted by Gasteiger charge is -2.14. The molecule has 0 fully saturated rings. The van der Waals surface area contributed by atoms with Gasteiger partial charge in [0.05, 0.1) is 7.14 Å². The summed E-state index contributed by atoms with van der Waals surface area (Å²) in [4.78, 5) is 0. The van der Waals surface area contributed by atoms with Crippen molar-refractivity contribution in [3.8, 4) is 5.75 Å². The predicted octanol–water partition coefficient (Wildman–Crippen LogP) is 3.98. The topological polar surface area (TPSA) is 63.6 Å². The van der Waals surface area contributed by atoms with Crippen molar-refractivity contribution in [2.45, 2.75) is 0 Å². The van der Waals surface area contributed by atoms with Gasteiger partial charge in [-0.3, -0.25) is 4.55 Å². The Morgan fingerprint density at radius 1 is 0.889 bits per heavy atom. The fraction of sp³-hybridized carbons (Fsp3) is 0.250. The largest absolute Gasteiger partial charge is 0.490 e. The predicted molar refractivity (Wildman–Crippen MR) is 112 cm³/mol. The van der Waals surface area contributed by atoms with Crippen molar-refractivity contribution in [1.29, 1.82) is 0 Å². The van der Waals surface area contributed by atoms with Gasteiger partial charge in [0.25, 0.3) is 10.1 Å². The quantitative estimate of drug-likeness (QED) is 0.216. The molecule has 0 spiro atoms. The molecule has 0 bridgehead atoms. The number of hydrogen-bond donors (Lipinski definition) is 1. The Labute approximate surface area is 173 Å². The van der Waals surface area contributed by atoms with Crippen molar-refractivity contribution in [3.63, 3.8) is 0 Å². The van der Waals surface area contributed by atoms with E-state index in [-0.39, 0.29) is 6.61 Å². The van der Waals surface area contributed by atoms with E-state index in [1.807, 2.05) is 0 Å². The molecule has 0 saturated carbocycles. The van der Waals surface area contributed by atoms with Gasteiger partial charge in [0, 0.05) is 10.7 Å². The second kappa shape index (κ2) is 7.73. The van der Waals surface area contributed by atoms with Crippen molar-refractivity contribution < 1.29 is 17.7 Å². The molecule has 1 aromatic rings. The van der Waals surface area contributed by atoms with E-state index in [0.717, 1.165) is 17.9 Å². The van der Waals surface area contributed by atoms with Crippen LogP contribution in [0.15, 0.2) is 0 Å². The van der Waals surface area contributed by atoms with Crippen LogP contribution in [-0.2, 0) is 10.1 Å². The van der Waals surface area contributed by atoms with Crippen LogP contribution in [0.5, 0.6) is 5.75 Å². The van der Waals surface area contributed by atoms with Gasteiger partial charge in [-0.25, -0.2) is 0 Å². The van der Waals surface area contributed by atoms with Gasteiger partial charge in [-0.2, -0.15) is 8.42 Å². The van der Waals surface area contributed by atoms with E-state index in [4.69, 9.17) is 9.29 Å². The molecule has 0 radical (unpaired) electrons. The van der Waals surface area contributed by atoms with Crippen molar-refractivity contribution in [3.05, 3.63) is 17.9 Å². The zero-order valence-electron chi connectivity index (χ0n) is 8.38. The molecule has 1 N–H and O–H groups in total. The molecule has 10 heteroatoms. The Kier molecular flexibility index (Phi) is 7.99. The lowest BCUT2D eigenvalue weighted by atomic mass is 10.3. The maximum Gasteiger partial charge on any atom is 0.268 e. The first-order chi connectivity index (χ1) is 8.15. The third-order valence-corrected chi connectivity index (χ3v) is 11.9. The number of ether oxygens (including phenoxy) is 1. The van der Waals surface area contributed by atoms with Gasteiger partial charge < -0.3 is 4.74 Å². The van der Waals surface area contributed by atoms with Crippen molar-refractivity contribution >= 4 is 123 Å². The van der Waals surface area contributed by atoms with Crippen LogP contribution in [0.25, 0.3) is 0 Å². The molecule has 0 aliphatic heterocycles. The van der Waals surface area contributed by atoms with E-state index >= 15 is 0 Å². The minimum Gasteiger partial charge on any atom is -0.490 e. The van der Waals surface area contributed by atoms with E-state index in [1.54, 1.807) is 0 Å². The molecule has 1 aromatic carbocycles. The van der Waals surface area contributed by atoms with Crippen molar-refractivity contribution in [2.24, 2.45) is 0 Å². The summed E-state index contributed by atoms with van der Waals surface area (Å²) in [7, 11) is -3.98. The van der Waals surface area contributed by atoms with Gasteiger partial charge in [0.15, 0.2) is 0 Å². The smallest absolute Gasteiger partial charge is 0.268 e. The minimum atomic E-state index is -3.98. The summed E-state index contributed by atoms with van der Waals surface area (Å²) in [6, 6.07) is 0. The highest BCUT2D eigenvalue weighted by Gasteiger charge is 2.19. The van der Waals surface area contributed by atoms with Crippen LogP contribution in [0.4, 0.5) is 0 Å². The Bertz CT molecular complexity index is 542. The number of benzene rings is 1. The van der Waals surface area contributed by atoms with Crippen LogP contribution in [-0.4, -0.2) is 25.3 Å². The SMILES string of the molecule is O=S(=O)(O)CCOc1c(I)c(I)c(I)c(I)c1I. The highest BCUT2D eigenvalue weighted by atomic mass is 127. The molecule has 0 aliphatic carbocycles. The van der Waals surface area contributed by atoms with Crippen molar-refractivity contribution in [1.82, 2.24) is 0 Å². The second-order valence-corrected chi connectivity index (χ2v) is 10.00. The molecule has 0 saturated heterocycles. The average molecular weight is 832 g/mol. The zero-order valence-corrected chi connectivity index (χ0v) is 20.0. The number of hydrogen-bond acceptors (Lipinski definition) is 3. The molecular weight excluding hydrogens is 827 g/mol. The molecule has 0 heterocycles. The van der Waals surface area contributed by atoms with E-state index in [0.29, 0.717) is 5.75 Å². The van der Waals surface area contributed by atoms with E-state index in [9.17, 15) is 8.42 Å². The molecule has 0 amide bonds. The molecule has 4 nitrogen and oxygen atoms in total. The van der Waals surface area contributed by atoms with Crippen LogP contribution >= 0.6 is 113 Å². The van der Waals surface area contributed by atoms with Gasteiger partial charge in [0.2, 0.25) is 0 Å². The van der Waals surface area contributed by atoms with Crippen LogP contribution in [0.3, 0.4) is 0 Å². The highest BCUT2D eigenvalue weighted by molar-refractivity contribution is 14.1. The standard InChI is InChI=1S/C8H5I5O4S/c9-3-4(10)6(12)8(7(13)5(3)11)17-1-2-18(14,15)16/h1-2H2,(H,14,15,16). The van der Waals surface area contributed by atoms with E-state index in [1.165, 1.54) is 0 Å². The monoisotopic (exact) mass is 832 g/mol. The molecule has 18 heavy (non-hydrogen) atoms. The van der Waals surface area contributed by atoms with E-state index in [2.05, 4.69) is 113 Å². The number of halogens is 5. The average Bonchev–Trinajstić information content (AvgIpc) is 2.27. The third kappa shape index (κ3) is 5.09. The van der Waals surface area contributed by atoms with Crippen molar-refractivity contribution in [2.75, 3.05) is 12.4 Å². The molecule has 0 aliphatic rings. The van der Waals surface area contributed by atoms with Gasteiger partial charge >= 0.3 is 0 Å². The normalized spacial score (nSPS) is 11.7. The summed E-state index contributed by atoms with van der Waals surface area (Å²) < 4.78 is 40.7. The first-order valence-corrected chi connectivity index (χ1v) is 11.2. The maximum absolute atomic E-state index is 10.6. The highest BCUT2D eigenvalue weighted by Crippen LogP contribution is 2.38. The van der Waals surface area contributed by atoms with Crippen LogP contribution in [0.1, 0.15) is 0 Å². The molecule has 0 atom stereocenters. The molecule has 102 valence electrons. The minimum absolute atomic E-state index is 0.0579. The van der Waals surface area contributed by atoms with Crippen LogP contribution in [0, 0.1) is 17.9 Å². The zero-order chi connectivity index (χ0) is 14.1. The molecule has 0 aromatic heterocycles. The summed E-state index contributed by atoms with van der Waals surface area (Å²) in [6.07, 6.45) is 0. The lowest BCUT2D eigenvalue weighted by Crippen LogP contribution is -2.14. The number of rotatable bonds is 4. The fourth-order valence-corrected chi connectivity index (χ4v) is 6.28. The Hall–Kier alpha value is 2.58. The summed E-state index contributed by atoms with van der Waals surface area (Å²) >= 11 is 11.1. The maximum atomic E-state index is 10.6. The first kappa shape index (κ1) is 18.6. The van der Waals surface area contributed by atoms with Crippen LogP contribution < -0.4 is 4.74 Å². The van der Waals surface area contributed by atoms with Gasteiger partial charge in [-0.15, -0.1) is 0 Å². The fourth-order valence-electron chi connectivity index (χ4n) is 0.961. The molecular formula is C8H5I5O4S. The van der Waals surface area contributed by atoms with Gasteiger partial charge in [-0.1, -0.05) is 0 Å².